The molecule has 0 radical (unpaired) electrons. The average Bonchev–Trinajstić information content (AvgIpc) is 3.07. The second kappa shape index (κ2) is 32.5. The highest BCUT2D eigenvalue weighted by molar-refractivity contribution is 6.02. The number of aliphatic hydroxyl groups is 1. The summed E-state index contributed by atoms with van der Waals surface area (Å²) in [4.78, 5) is 151. The number of carbonyl (C=O) groups is 10. The SMILES string of the molecule is CCN1CCC[C@H]1C(=O)NC(=O)[C@H](CCCNC(=N)N)NC(=O)[C@H](CC(C)C)NC(=O)[C@@H](CC(C)C)NC(=O)[C@H](Cc1ccc(O)cc1)NC(=O)[C@H](CO)NC(=O)[C@H](Cc1c[nH]c2ccccc12)NC(=O)[C@H](Cc1c[nH]cn1)NC(=O)[C@@H]1CCC(=O)N1. The van der Waals surface area contributed by atoms with E-state index in [1.165, 1.54) is 36.8 Å². The van der Waals surface area contributed by atoms with Gasteiger partial charge in [0.2, 0.25) is 59.1 Å². The molecule has 0 spiro atoms. The van der Waals surface area contributed by atoms with Gasteiger partial charge in [0.1, 0.15) is 54.1 Å². The van der Waals surface area contributed by atoms with E-state index >= 15 is 0 Å². The normalized spacial score (nSPS) is 17.4. The first kappa shape index (κ1) is 67.2. The molecular formula is C59H84N16O12. The fraction of sp³-hybridized carbons (Fsp3) is 0.525. The Morgan fingerprint density at radius 2 is 1.28 bits per heavy atom. The maximum atomic E-state index is 14.7. The van der Waals surface area contributed by atoms with Crippen LogP contribution < -0.4 is 58.9 Å². The molecule has 28 nitrogen and oxygen atoms in total. The lowest BCUT2D eigenvalue weighted by Crippen LogP contribution is -2.61. The standard InChI is InChI=1S/C59H84N16O12/c1-6-75-22-10-14-48(75)58(87)74-51(80)40(13-9-21-63-59(60)61)67-52(81)42(23-32(2)3)68-53(82)43(24-33(4)5)69-54(83)44(25-34-15-17-37(77)18-16-34)70-57(86)47(30-76)73-55(84)45(26-35-28-64-39-12-8-7-11-38(35)39)71-56(85)46(27-36-29-62-31-65-36)72-50(79)41-19-20-49(78)66-41/h7-8,11-12,15-18,28-29,31-33,40-48,64,76-77H,6,9-10,13-14,19-27,30H2,1-5H3,(H,62,65)(H,66,78)(H,67,81)(H,68,82)(H,69,83)(H,70,86)(H,71,85)(H,72,79)(H,73,84)(H4,60,61,63)(H,74,80,87)/t40-,41-,42-,43+,44-,45-,46-,47-,48-/m0/s1. The summed E-state index contributed by atoms with van der Waals surface area (Å²) in [5.41, 5.74) is 7.59. The van der Waals surface area contributed by atoms with Crippen LogP contribution in [0.1, 0.15) is 103 Å². The van der Waals surface area contributed by atoms with Gasteiger partial charge in [-0.25, -0.2) is 4.98 Å². The summed E-state index contributed by atoms with van der Waals surface area (Å²) in [5, 5.41) is 55.6. The third-order valence-electron chi connectivity index (χ3n) is 15.1. The Hall–Kier alpha value is -8.92. The topological polar surface area (TPSA) is 429 Å². The first-order valence-electron chi connectivity index (χ1n) is 29.5. The molecule has 4 heterocycles. The number of hydrogen-bond donors (Lipinski definition) is 16. The Morgan fingerprint density at radius 1 is 0.701 bits per heavy atom. The van der Waals surface area contributed by atoms with Gasteiger partial charge in [-0.05, 0) is 99.2 Å². The van der Waals surface area contributed by atoms with Crippen molar-refractivity contribution in [1.82, 2.24) is 73.0 Å². The number of H-pyrrole nitrogens is 2. The van der Waals surface area contributed by atoms with Crippen LogP contribution in [0.2, 0.25) is 0 Å². The zero-order valence-corrected chi connectivity index (χ0v) is 49.8. The molecule has 87 heavy (non-hydrogen) atoms. The smallest absolute Gasteiger partial charge is 0.249 e. The molecule has 2 aromatic carbocycles. The molecule has 6 rings (SSSR count). The summed E-state index contributed by atoms with van der Waals surface area (Å²) >= 11 is 0. The van der Waals surface area contributed by atoms with Crippen LogP contribution in [0.3, 0.4) is 0 Å². The number of imidazole rings is 1. The number of nitrogens with two attached hydrogens (primary N) is 1. The average molecular weight is 1210 g/mol. The van der Waals surface area contributed by atoms with Gasteiger partial charge in [0.05, 0.1) is 24.7 Å². The molecule has 2 aliphatic rings. The van der Waals surface area contributed by atoms with Crippen molar-refractivity contribution in [2.24, 2.45) is 17.6 Å². The highest BCUT2D eigenvalue weighted by Gasteiger charge is 2.38. The molecular weight excluding hydrogens is 1120 g/mol. The number of hydrogen-bond acceptors (Lipinski definition) is 15. The Kier molecular flexibility index (Phi) is 25.1. The summed E-state index contributed by atoms with van der Waals surface area (Å²) in [5.74, 6) is -8.27. The predicted octanol–water partition coefficient (Wildman–Crippen LogP) is -1.23. The lowest BCUT2D eigenvalue weighted by Gasteiger charge is -2.29. The van der Waals surface area contributed by atoms with Crippen LogP contribution in [0.5, 0.6) is 5.75 Å². The molecule has 0 aliphatic carbocycles. The molecule has 2 aromatic heterocycles. The van der Waals surface area contributed by atoms with E-state index in [4.69, 9.17) is 11.1 Å². The highest BCUT2D eigenvalue weighted by Crippen LogP contribution is 2.21. The van der Waals surface area contributed by atoms with Gasteiger partial charge in [-0.2, -0.15) is 0 Å². The number of guanidine groups is 1. The largest absolute Gasteiger partial charge is 0.508 e. The third-order valence-corrected chi connectivity index (χ3v) is 15.1. The number of aromatic amines is 2. The number of imide groups is 1. The molecule has 28 heteroatoms. The molecule has 0 saturated carbocycles. The van der Waals surface area contributed by atoms with Crippen LogP contribution >= 0.6 is 0 Å². The minimum Gasteiger partial charge on any atom is -0.508 e. The zero-order valence-electron chi connectivity index (χ0n) is 49.8. The number of aliphatic hydroxyl groups excluding tert-OH is 1. The Balaban J connectivity index is 1.21. The fourth-order valence-electron chi connectivity index (χ4n) is 10.5. The number of rotatable bonds is 32. The van der Waals surface area contributed by atoms with Crippen molar-refractivity contribution >= 4 is 75.9 Å². The second-order valence-corrected chi connectivity index (χ2v) is 22.9. The molecule has 472 valence electrons. The van der Waals surface area contributed by atoms with E-state index < -0.39 is 114 Å². The van der Waals surface area contributed by atoms with Gasteiger partial charge in [-0.15, -0.1) is 0 Å². The lowest BCUT2D eigenvalue weighted by atomic mass is 9.98. The minimum absolute atomic E-state index is 0.0252. The molecule has 4 aromatic rings. The first-order chi connectivity index (χ1) is 41.5. The van der Waals surface area contributed by atoms with Crippen molar-refractivity contribution < 1.29 is 58.2 Å². The number of likely N-dealkylation sites (tertiary alicyclic amines) is 1. The number of para-hydroxylation sites is 1. The van der Waals surface area contributed by atoms with Gasteiger partial charge in [-0.3, -0.25) is 63.6 Å². The Bertz CT molecular complexity index is 3040. The van der Waals surface area contributed by atoms with E-state index in [9.17, 15) is 58.2 Å². The van der Waals surface area contributed by atoms with E-state index in [1.807, 2.05) is 31.7 Å². The van der Waals surface area contributed by atoms with E-state index in [2.05, 4.69) is 68.1 Å². The molecule has 9 atom stereocenters. The van der Waals surface area contributed by atoms with Crippen LogP contribution in [-0.2, 0) is 67.2 Å². The van der Waals surface area contributed by atoms with Gasteiger partial charge >= 0.3 is 0 Å². The third kappa shape index (κ3) is 20.4. The summed E-state index contributed by atoms with van der Waals surface area (Å²) < 4.78 is 0. The Morgan fingerprint density at radius 3 is 1.85 bits per heavy atom. The van der Waals surface area contributed by atoms with Crippen LogP contribution in [0.25, 0.3) is 10.9 Å². The molecule has 2 saturated heterocycles. The number of likely N-dealkylation sites (N-methyl/N-ethyl adjacent to an activating group) is 1. The maximum Gasteiger partial charge on any atom is 0.249 e. The van der Waals surface area contributed by atoms with E-state index in [0.717, 1.165) is 11.9 Å². The molecule has 0 bridgehead atoms. The van der Waals surface area contributed by atoms with Crippen LogP contribution in [-0.4, -0.2) is 176 Å². The van der Waals surface area contributed by atoms with Gasteiger partial charge in [0.15, 0.2) is 5.96 Å². The van der Waals surface area contributed by atoms with Gasteiger partial charge in [0.25, 0.3) is 0 Å². The molecule has 10 amide bonds. The lowest BCUT2D eigenvalue weighted by molar-refractivity contribution is -0.137. The molecule has 2 fully saturated rings. The monoisotopic (exact) mass is 1210 g/mol. The van der Waals surface area contributed by atoms with Gasteiger partial charge in [-0.1, -0.05) is 65.0 Å². The van der Waals surface area contributed by atoms with Crippen molar-refractivity contribution in [3.8, 4) is 5.75 Å². The van der Waals surface area contributed by atoms with Crippen LogP contribution in [0, 0.1) is 17.2 Å². The number of carbonyl (C=O) groups excluding carboxylic acids is 10. The fourth-order valence-corrected chi connectivity index (χ4v) is 10.5. The number of aromatic hydroxyl groups is 1. The predicted molar refractivity (Wildman–Crippen MR) is 319 cm³/mol. The van der Waals surface area contributed by atoms with E-state index in [1.54, 1.807) is 38.2 Å². The number of aromatic nitrogens is 3. The number of phenols is 1. The summed E-state index contributed by atoms with van der Waals surface area (Å²) in [6.07, 6.45) is 6.04. The number of benzene rings is 2. The van der Waals surface area contributed by atoms with Crippen molar-refractivity contribution in [3.63, 3.8) is 0 Å². The highest BCUT2D eigenvalue weighted by atomic mass is 16.3. The molecule has 2 aliphatic heterocycles. The van der Waals surface area contributed by atoms with E-state index in [0.29, 0.717) is 41.7 Å². The van der Waals surface area contributed by atoms with Gasteiger partial charge in [0, 0.05) is 55.5 Å². The minimum atomic E-state index is -1.76. The van der Waals surface area contributed by atoms with Crippen LogP contribution in [0.4, 0.5) is 0 Å². The summed E-state index contributed by atoms with van der Waals surface area (Å²) in [6.45, 7) is 9.61. The quantitative estimate of drug-likeness (QED) is 0.0155. The zero-order chi connectivity index (χ0) is 63.3. The number of phenolic OH excluding ortho intramolecular Hbond substituents is 1. The van der Waals surface area contributed by atoms with Crippen molar-refractivity contribution in [2.75, 3.05) is 26.2 Å². The summed E-state index contributed by atoms with van der Waals surface area (Å²) in [6, 6.07) is 1.60. The van der Waals surface area contributed by atoms with Crippen molar-refractivity contribution in [2.45, 2.75) is 160 Å². The number of fused-ring (bicyclic) bond motifs is 1. The second-order valence-electron chi connectivity index (χ2n) is 22.9. The van der Waals surface area contributed by atoms with Crippen LogP contribution in [0.15, 0.2) is 67.3 Å². The van der Waals surface area contributed by atoms with Crippen molar-refractivity contribution in [3.05, 3.63) is 84.1 Å². The molecule has 0 unspecified atom stereocenters. The molecule has 17 N–H and O–H groups in total. The Labute approximate surface area is 504 Å². The van der Waals surface area contributed by atoms with Crippen molar-refractivity contribution in [1.29, 1.82) is 5.41 Å². The first-order valence-corrected chi connectivity index (χ1v) is 29.5. The van der Waals surface area contributed by atoms with Gasteiger partial charge < -0.3 is 73.8 Å². The van der Waals surface area contributed by atoms with E-state index in [-0.39, 0.29) is 93.8 Å². The number of nitrogens with one attached hydrogen (secondary N) is 13. The maximum absolute atomic E-state index is 14.7. The number of nitrogens with zero attached hydrogens (tertiary/aromatic N) is 2. The summed E-state index contributed by atoms with van der Waals surface area (Å²) in [7, 11) is 0. The number of amides is 10.